The first kappa shape index (κ1) is 17.0. The summed E-state index contributed by atoms with van der Waals surface area (Å²) in [5.41, 5.74) is 1.18. The summed E-state index contributed by atoms with van der Waals surface area (Å²) in [7, 11) is 3.93. The molecule has 0 fully saturated rings. The predicted octanol–water partition coefficient (Wildman–Crippen LogP) is 3.66. The van der Waals surface area contributed by atoms with Crippen molar-refractivity contribution in [3.8, 4) is 0 Å². The first-order valence-electron chi connectivity index (χ1n) is 7.71. The van der Waals surface area contributed by atoms with E-state index < -0.39 is 5.66 Å². The lowest BCUT2D eigenvalue weighted by Gasteiger charge is -2.42. The van der Waals surface area contributed by atoms with Crippen LogP contribution in [-0.4, -0.2) is 30.6 Å². The van der Waals surface area contributed by atoms with Gasteiger partial charge in [0.05, 0.1) is 0 Å². The summed E-state index contributed by atoms with van der Waals surface area (Å²) in [5, 5.41) is 3.17. The quantitative estimate of drug-likeness (QED) is 0.652. The number of carbonyl (C=O) groups is 1. The van der Waals surface area contributed by atoms with E-state index in [-0.39, 0.29) is 11.8 Å². The van der Waals surface area contributed by atoms with Crippen LogP contribution in [-0.2, 0) is 0 Å². The second kappa shape index (κ2) is 7.25. The van der Waals surface area contributed by atoms with E-state index in [1.165, 1.54) is 0 Å². The zero-order chi connectivity index (χ0) is 16.9. The van der Waals surface area contributed by atoms with Gasteiger partial charge in [0.2, 0.25) is 0 Å². The molecule has 0 saturated carbocycles. The molecular weight excluding hydrogens is 284 g/mol. The van der Waals surface area contributed by atoms with Gasteiger partial charge in [0.25, 0.3) is 5.91 Å². The van der Waals surface area contributed by atoms with Crippen LogP contribution in [0.5, 0.6) is 0 Å². The normalized spacial score (nSPS) is 14.8. The van der Waals surface area contributed by atoms with Crippen molar-refractivity contribution in [3.05, 3.63) is 84.4 Å². The average molecular weight is 308 g/mol. The third kappa shape index (κ3) is 3.69. The highest BCUT2D eigenvalue weighted by atomic mass is 16.2. The Labute approximate surface area is 138 Å². The lowest BCUT2D eigenvalue weighted by atomic mass is 9.85. The lowest BCUT2D eigenvalue weighted by Crippen LogP contribution is -2.59. The van der Waals surface area contributed by atoms with Crippen molar-refractivity contribution >= 4 is 5.91 Å². The molecule has 2 unspecified atom stereocenters. The number of nitrogens with zero attached hydrogens (tertiary/aromatic N) is 1. The third-order valence-corrected chi connectivity index (χ3v) is 4.33. The fraction of sp³-hybridized carbons (Fsp3) is 0.250. The van der Waals surface area contributed by atoms with E-state index in [2.05, 4.69) is 24.0 Å². The van der Waals surface area contributed by atoms with Crippen molar-refractivity contribution in [1.82, 2.24) is 10.2 Å². The highest BCUT2D eigenvalue weighted by molar-refractivity contribution is 5.94. The van der Waals surface area contributed by atoms with Crippen molar-refractivity contribution in [2.24, 2.45) is 0 Å². The van der Waals surface area contributed by atoms with Crippen LogP contribution in [0.15, 0.2) is 73.3 Å². The van der Waals surface area contributed by atoms with E-state index in [9.17, 15) is 4.79 Å². The van der Waals surface area contributed by atoms with Gasteiger partial charge in [0, 0.05) is 11.5 Å². The summed E-state index contributed by atoms with van der Waals surface area (Å²) in [4.78, 5) is 14.7. The molecule has 2 aromatic carbocycles. The predicted molar refractivity (Wildman–Crippen MR) is 95.4 cm³/mol. The Balaban J connectivity index is 2.35. The lowest BCUT2D eigenvalue weighted by molar-refractivity contribution is 0.0700. The molecule has 0 aliphatic heterocycles. The molecule has 0 saturated heterocycles. The molecule has 3 heteroatoms. The van der Waals surface area contributed by atoms with E-state index in [0.717, 1.165) is 5.56 Å². The topological polar surface area (TPSA) is 32.3 Å². The Morgan fingerprint density at radius 2 is 1.61 bits per heavy atom. The van der Waals surface area contributed by atoms with Crippen molar-refractivity contribution in [2.45, 2.75) is 18.5 Å². The Morgan fingerprint density at radius 1 is 1.09 bits per heavy atom. The number of hydrogen-bond acceptors (Lipinski definition) is 2. The number of nitrogens with one attached hydrogen (secondary N) is 1. The van der Waals surface area contributed by atoms with Gasteiger partial charge < -0.3 is 5.32 Å². The monoisotopic (exact) mass is 308 g/mol. The van der Waals surface area contributed by atoms with Crippen LogP contribution in [0.2, 0.25) is 0 Å². The maximum absolute atomic E-state index is 12.6. The summed E-state index contributed by atoms with van der Waals surface area (Å²) < 4.78 is 0. The van der Waals surface area contributed by atoms with Gasteiger partial charge in [-0.15, -0.1) is 6.58 Å². The van der Waals surface area contributed by atoms with Crippen LogP contribution in [0.3, 0.4) is 0 Å². The minimum atomic E-state index is -0.587. The van der Waals surface area contributed by atoms with E-state index >= 15 is 0 Å². The molecule has 2 atom stereocenters. The number of rotatable bonds is 6. The maximum atomic E-state index is 12.6. The minimum Gasteiger partial charge on any atom is -0.333 e. The fourth-order valence-corrected chi connectivity index (χ4v) is 2.71. The molecule has 0 bridgehead atoms. The molecule has 0 heterocycles. The summed E-state index contributed by atoms with van der Waals surface area (Å²) in [5.74, 6) is -0.129. The van der Waals surface area contributed by atoms with Crippen molar-refractivity contribution in [1.29, 1.82) is 0 Å². The number of amides is 1. The summed E-state index contributed by atoms with van der Waals surface area (Å²) in [6.07, 6.45) is 1.89. The van der Waals surface area contributed by atoms with Gasteiger partial charge in [-0.25, -0.2) is 0 Å². The highest BCUT2D eigenvalue weighted by Gasteiger charge is 2.37. The number of hydrogen-bond donors (Lipinski definition) is 1. The van der Waals surface area contributed by atoms with Crippen LogP contribution >= 0.6 is 0 Å². The number of carbonyl (C=O) groups excluding carboxylic acids is 1. The summed E-state index contributed by atoms with van der Waals surface area (Å²) in [6.45, 7) is 6.01. The minimum absolute atomic E-state index is 0.0358. The molecule has 1 amide bonds. The SMILES string of the molecule is C=CC(c1ccccc1)C(C)(NC(=O)c1ccccc1)N(C)C. The Kier molecular flexibility index (Phi) is 5.35. The largest absolute Gasteiger partial charge is 0.333 e. The maximum Gasteiger partial charge on any atom is 0.252 e. The summed E-state index contributed by atoms with van der Waals surface area (Å²) in [6, 6.07) is 19.4. The average Bonchev–Trinajstić information content (AvgIpc) is 2.57. The molecule has 120 valence electrons. The van der Waals surface area contributed by atoms with Gasteiger partial charge in [-0.3, -0.25) is 9.69 Å². The van der Waals surface area contributed by atoms with E-state index in [0.29, 0.717) is 5.56 Å². The van der Waals surface area contributed by atoms with Crippen LogP contribution in [0, 0.1) is 0 Å². The first-order chi connectivity index (χ1) is 11.0. The molecule has 0 aliphatic carbocycles. The molecule has 0 radical (unpaired) electrons. The Bertz CT molecular complexity index is 652. The molecule has 3 nitrogen and oxygen atoms in total. The molecule has 0 aliphatic rings. The Morgan fingerprint density at radius 3 is 2.09 bits per heavy atom. The van der Waals surface area contributed by atoms with E-state index in [1.807, 2.05) is 80.5 Å². The van der Waals surface area contributed by atoms with Crippen LogP contribution in [0.25, 0.3) is 0 Å². The van der Waals surface area contributed by atoms with Crippen LogP contribution in [0.4, 0.5) is 0 Å². The van der Waals surface area contributed by atoms with Gasteiger partial charge in [-0.05, 0) is 38.7 Å². The second-order valence-electron chi connectivity index (χ2n) is 5.99. The molecule has 23 heavy (non-hydrogen) atoms. The summed E-state index contributed by atoms with van der Waals surface area (Å²) >= 11 is 0. The first-order valence-corrected chi connectivity index (χ1v) is 7.71. The van der Waals surface area contributed by atoms with E-state index in [1.54, 1.807) is 0 Å². The number of benzene rings is 2. The molecule has 2 rings (SSSR count). The smallest absolute Gasteiger partial charge is 0.252 e. The molecule has 0 aromatic heterocycles. The van der Waals surface area contributed by atoms with Gasteiger partial charge in [0.15, 0.2) is 0 Å². The number of likely N-dealkylation sites (N-methyl/N-ethyl adjacent to an activating group) is 1. The second-order valence-corrected chi connectivity index (χ2v) is 5.99. The van der Waals surface area contributed by atoms with Crippen LogP contribution in [0.1, 0.15) is 28.8 Å². The van der Waals surface area contributed by atoms with Crippen LogP contribution < -0.4 is 5.32 Å². The van der Waals surface area contributed by atoms with Gasteiger partial charge >= 0.3 is 0 Å². The van der Waals surface area contributed by atoms with Gasteiger partial charge in [-0.2, -0.15) is 0 Å². The zero-order valence-electron chi connectivity index (χ0n) is 14.0. The van der Waals surface area contributed by atoms with Crippen molar-refractivity contribution < 1.29 is 4.79 Å². The van der Waals surface area contributed by atoms with Gasteiger partial charge in [0.1, 0.15) is 5.66 Å². The van der Waals surface area contributed by atoms with Crippen molar-refractivity contribution in [2.75, 3.05) is 14.1 Å². The standard InChI is InChI=1S/C20H24N2O/c1-5-18(16-12-8-6-9-13-16)20(2,22(3)4)21-19(23)17-14-10-7-11-15-17/h5-15,18H,1H2,2-4H3,(H,21,23). The van der Waals surface area contributed by atoms with Gasteiger partial charge in [-0.1, -0.05) is 54.6 Å². The Hall–Kier alpha value is -2.39. The van der Waals surface area contributed by atoms with E-state index in [4.69, 9.17) is 0 Å². The highest BCUT2D eigenvalue weighted by Crippen LogP contribution is 2.31. The zero-order valence-corrected chi connectivity index (χ0v) is 14.0. The molecule has 1 N–H and O–H groups in total. The molecule has 0 spiro atoms. The molecule has 2 aromatic rings. The fourth-order valence-electron chi connectivity index (χ4n) is 2.71. The van der Waals surface area contributed by atoms with Crippen molar-refractivity contribution in [3.63, 3.8) is 0 Å². The molecular formula is C20H24N2O. The third-order valence-electron chi connectivity index (χ3n) is 4.33.